The highest BCUT2D eigenvalue weighted by Gasteiger charge is 2.27. The number of hydrogen-bond donors (Lipinski definition) is 0. The molecule has 214 valence electrons. The van der Waals surface area contributed by atoms with E-state index in [1.54, 1.807) is 0 Å². The van der Waals surface area contributed by atoms with Crippen LogP contribution in [0.1, 0.15) is 30.4 Å². The first-order valence-corrected chi connectivity index (χ1v) is 15.4. The van der Waals surface area contributed by atoms with E-state index in [2.05, 4.69) is 162 Å². The molecule has 0 fully saturated rings. The summed E-state index contributed by atoms with van der Waals surface area (Å²) in [6.45, 7) is 8.82. The lowest BCUT2D eigenvalue weighted by molar-refractivity contribution is 1.05. The highest BCUT2D eigenvalue weighted by molar-refractivity contribution is 6.28. The molecule has 2 heterocycles. The third-order valence-electron chi connectivity index (χ3n) is 8.59. The van der Waals surface area contributed by atoms with Crippen molar-refractivity contribution in [3.63, 3.8) is 0 Å². The molecule has 0 spiro atoms. The molecule has 0 radical (unpaired) electrons. The number of nitrogens with zero attached hydrogens (tertiary/aromatic N) is 2. The molecule has 2 heteroatoms. The van der Waals surface area contributed by atoms with Crippen LogP contribution >= 0.6 is 0 Å². The predicted octanol–water partition coefficient (Wildman–Crippen LogP) is 11.6. The molecule has 0 saturated carbocycles. The lowest BCUT2D eigenvalue weighted by Gasteiger charge is -2.29. The molecule has 1 aliphatic heterocycles. The molecule has 6 aromatic rings. The van der Waals surface area contributed by atoms with Gasteiger partial charge >= 0.3 is 0 Å². The van der Waals surface area contributed by atoms with Gasteiger partial charge in [0.15, 0.2) is 0 Å². The second-order valence-corrected chi connectivity index (χ2v) is 11.3. The van der Waals surface area contributed by atoms with Crippen molar-refractivity contribution in [2.45, 2.75) is 25.7 Å². The van der Waals surface area contributed by atoms with Gasteiger partial charge in [0.2, 0.25) is 0 Å². The maximum atomic E-state index is 4.68. The first kappa shape index (κ1) is 27.5. The van der Waals surface area contributed by atoms with Crippen LogP contribution in [0, 0.1) is 0 Å². The molecule has 5 aromatic carbocycles. The number of anilines is 2. The summed E-state index contributed by atoms with van der Waals surface area (Å²) >= 11 is 0. The highest BCUT2D eigenvalue weighted by atomic mass is 15.1. The van der Waals surface area contributed by atoms with Crippen molar-refractivity contribution < 1.29 is 0 Å². The summed E-state index contributed by atoms with van der Waals surface area (Å²) in [6.07, 6.45) is 16.7. The van der Waals surface area contributed by atoms with Gasteiger partial charge in [-0.2, -0.15) is 0 Å². The molecule has 0 saturated heterocycles. The van der Waals surface area contributed by atoms with Crippen molar-refractivity contribution in [2.24, 2.45) is 0 Å². The van der Waals surface area contributed by atoms with Crippen molar-refractivity contribution in [1.29, 1.82) is 0 Å². The molecular formula is C42H36N2. The van der Waals surface area contributed by atoms with E-state index in [-0.39, 0.29) is 0 Å². The van der Waals surface area contributed by atoms with E-state index in [0.29, 0.717) is 0 Å². The zero-order valence-corrected chi connectivity index (χ0v) is 25.0. The molecule has 2 nitrogen and oxygen atoms in total. The minimum absolute atomic E-state index is 0.774. The summed E-state index contributed by atoms with van der Waals surface area (Å²) in [6, 6.07) is 39.0. The Morgan fingerprint density at radius 1 is 0.750 bits per heavy atom. The summed E-state index contributed by atoms with van der Waals surface area (Å²) in [5.41, 5.74) is 9.57. The third kappa shape index (κ3) is 4.89. The van der Waals surface area contributed by atoms with Gasteiger partial charge in [0.25, 0.3) is 0 Å². The molecule has 0 bridgehead atoms. The number of hydrogen-bond acceptors (Lipinski definition) is 1. The van der Waals surface area contributed by atoms with Gasteiger partial charge in [0.1, 0.15) is 0 Å². The van der Waals surface area contributed by atoms with Gasteiger partial charge in [-0.3, -0.25) is 0 Å². The van der Waals surface area contributed by atoms with Crippen LogP contribution in [-0.2, 0) is 6.42 Å². The van der Waals surface area contributed by atoms with Crippen molar-refractivity contribution in [3.05, 3.63) is 170 Å². The fourth-order valence-corrected chi connectivity index (χ4v) is 6.64. The molecule has 0 unspecified atom stereocenters. The highest BCUT2D eigenvalue weighted by Crippen LogP contribution is 2.49. The molecule has 0 amide bonds. The van der Waals surface area contributed by atoms with E-state index < -0.39 is 0 Å². The Morgan fingerprint density at radius 3 is 2.20 bits per heavy atom. The number of aromatic nitrogens is 1. The molecule has 1 aliphatic rings. The summed E-state index contributed by atoms with van der Waals surface area (Å²) in [7, 11) is 0. The monoisotopic (exact) mass is 568 g/mol. The van der Waals surface area contributed by atoms with Gasteiger partial charge in [-0.05, 0) is 65.4 Å². The zero-order valence-electron chi connectivity index (χ0n) is 25.0. The third-order valence-corrected chi connectivity index (χ3v) is 8.59. The molecule has 7 rings (SSSR count). The Kier molecular flexibility index (Phi) is 7.56. The normalized spacial score (nSPS) is 14.7. The van der Waals surface area contributed by atoms with Crippen molar-refractivity contribution >= 4 is 55.2 Å². The fraction of sp³-hybridized carbons (Fsp3) is 0.0952. The van der Waals surface area contributed by atoms with Crippen LogP contribution in [0.15, 0.2) is 159 Å². The Balaban J connectivity index is 1.56. The first-order valence-electron chi connectivity index (χ1n) is 15.4. The van der Waals surface area contributed by atoms with E-state index in [4.69, 9.17) is 0 Å². The minimum atomic E-state index is 0.774. The predicted molar refractivity (Wildman–Crippen MR) is 191 cm³/mol. The molecule has 0 atom stereocenters. The fourth-order valence-electron chi connectivity index (χ4n) is 6.64. The van der Waals surface area contributed by atoms with E-state index in [1.165, 1.54) is 55.1 Å². The second-order valence-electron chi connectivity index (χ2n) is 11.3. The average molecular weight is 569 g/mol. The van der Waals surface area contributed by atoms with Crippen molar-refractivity contribution in [3.8, 4) is 0 Å². The van der Waals surface area contributed by atoms with Crippen LogP contribution < -0.4 is 4.90 Å². The van der Waals surface area contributed by atoms with Gasteiger partial charge < -0.3 is 9.47 Å². The number of benzene rings is 5. The Hall–Kier alpha value is -5.34. The summed E-state index contributed by atoms with van der Waals surface area (Å²) in [5, 5.41) is 5.01. The summed E-state index contributed by atoms with van der Waals surface area (Å²) < 4.78 is 2.48. The minimum Gasteiger partial charge on any atom is -0.315 e. The molecule has 0 aliphatic carbocycles. The van der Waals surface area contributed by atoms with Crippen molar-refractivity contribution in [1.82, 2.24) is 4.57 Å². The molecule has 0 N–H and O–H groups in total. The van der Waals surface area contributed by atoms with Gasteiger partial charge in [0.05, 0.1) is 16.7 Å². The van der Waals surface area contributed by atoms with E-state index in [9.17, 15) is 0 Å². The van der Waals surface area contributed by atoms with Crippen LogP contribution in [0.25, 0.3) is 43.8 Å². The Labute approximate surface area is 259 Å². The average Bonchev–Trinajstić information content (AvgIpc) is 3.41. The van der Waals surface area contributed by atoms with Crippen LogP contribution in [0.3, 0.4) is 0 Å². The summed E-state index contributed by atoms with van der Waals surface area (Å²) in [4.78, 5) is 2.38. The van der Waals surface area contributed by atoms with Crippen LogP contribution in [-0.4, -0.2) is 4.57 Å². The SMILES string of the molecule is C=C/C=C(\CC=CCc1ccccc1)n1c2ccccc2c2c3ccccc3c3c(c21)N(c1ccccc1)/C=C\CCC3=C. The van der Waals surface area contributed by atoms with E-state index >= 15 is 0 Å². The van der Waals surface area contributed by atoms with Gasteiger partial charge in [-0.15, -0.1) is 0 Å². The van der Waals surface area contributed by atoms with Gasteiger partial charge in [0, 0.05) is 40.3 Å². The Morgan fingerprint density at radius 2 is 1.43 bits per heavy atom. The lowest BCUT2D eigenvalue weighted by Crippen LogP contribution is -2.14. The zero-order chi connectivity index (χ0) is 29.9. The summed E-state index contributed by atoms with van der Waals surface area (Å²) in [5.74, 6) is 0. The second kappa shape index (κ2) is 12.1. The van der Waals surface area contributed by atoms with Gasteiger partial charge in [-0.1, -0.05) is 128 Å². The molecule has 44 heavy (non-hydrogen) atoms. The quantitative estimate of drug-likeness (QED) is 0.137. The lowest BCUT2D eigenvalue weighted by atomic mass is 9.90. The van der Waals surface area contributed by atoms with E-state index in [1.807, 2.05) is 6.08 Å². The number of allylic oxidation sites excluding steroid dienone is 7. The molecular weight excluding hydrogens is 532 g/mol. The smallest absolute Gasteiger partial charge is 0.0792 e. The van der Waals surface area contributed by atoms with Gasteiger partial charge in [-0.25, -0.2) is 0 Å². The standard InChI is InChI=1S/C42H36N2/c1-3-18-34(25-11-10-22-32-20-6-4-7-21-32)44-38-29-15-14-28-37(38)40-36-27-13-12-26-35(36)39-31(2)19-16-17-30-43(41(39)42(40)44)33-23-8-5-9-24-33/h3-15,17-18,20-21,23-24,26-30H,1-2,16,19,22,25H2/b11-10?,30-17-,34-18+. The van der Waals surface area contributed by atoms with E-state index in [0.717, 1.165) is 36.9 Å². The van der Waals surface area contributed by atoms with Crippen LogP contribution in [0.2, 0.25) is 0 Å². The largest absolute Gasteiger partial charge is 0.315 e. The Bertz CT molecular complexity index is 2090. The number of para-hydroxylation sites is 2. The first-order chi connectivity index (χ1) is 21.8. The number of rotatable bonds is 7. The van der Waals surface area contributed by atoms with Crippen molar-refractivity contribution in [2.75, 3.05) is 4.90 Å². The molecule has 1 aromatic heterocycles. The number of fused-ring (bicyclic) bond motifs is 8. The maximum Gasteiger partial charge on any atom is 0.0792 e. The maximum absolute atomic E-state index is 4.68. The van der Waals surface area contributed by atoms with Crippen LogP contribution in [0.4, 0.5) is 11.4 Å². The topological polar surface area (TPSA) is 8.17 Å². The van der Waals surface area contributed by atoms with Crippen LogP contribution in [0.5, 0.6) is 0 Å².